The monoisotopic (exact) mass is 290 g/mol. The van der Waals surface area contributed by atoms with Crippen molar-refractivity contribution in [3.63, 3.8) is 0 Å². The molecule has 0 aromatic carbocycles. The molecule has 1 saturated carbocycles. The molecule has 4 unspecified atom stereocenters. The molecule has 1 N–H and O–H groups in total. The summed E-state index contributed by atoms with van der Waals surface area (Å²) in [4.78, 5) is 5.43. The zero-order valence-corrected chi connectivity index (χ0v) is 13.6. The largest absolute Gasteiger partial charge is 0.300 e. The molecule has 0 amide bonds. The van der Waals surface area contributed by atoms with Crippen molar-refractivity contribution in [1.29, 1.82) is 5.26 Å². The highest BCUT2D eigenvalue weighted by molar-refractivity contribution is 5.14. The van der Waals surface area contributed by atoms with E-state index >= 15 is 0 Å². The Bertz CT molecular complexity index is 404. The number of rotatable bonds is 3. The molecule has 2 aliphatic heterocycles. The Labute approximate surface area is 129 Å². The van der Waals surface area contributed by atoms with E-state index in [0.717, 1.165) is 25.4 Å². The van der Waals surface area contributed by atoms with Gasteiger partial charge < -0.3 is 0 Å². The fraction of sp³-hybridized carbons (Fsp3) is 0.941. The maximum Gasteiger partial charge on any atom is 0.108 e. The van der Waals surface area contributed by atoms with Crippen molar-refractivity contribution in [1.82, 2.24) is 15.1 Å². The van der Waals surface area contributed by atoms with Gasteiger partial charge >= 0.3 is 0 Å². The molecule has 3 rings (SSSR count). The highest BCUT2D eigenvalue weighted by Crippen LogP contribution is 2.36. The molecule has 4 nitrogen and oxygen atoms in total. The first-order valence-electron chi connectivity index (χ1n) is 8.83. The quantitative estimate of drug-likeness (QED) is 0.863. The summed E-state index contributed by atoms with van der Waals surface area (Å²) < 4.78 is 0. The molecular weight excluding hydrogens is 260 g/mol. The smallest absolute Gasteiger partial charge is 0.108 e. The first-order valence-corrected chi connectivity index (χ1v) is 8.83. The van der Waals surface area contributed by atoms with Gasteiger partial charge in [0.1, 0.15) is 5.54 Å². The SMILES string of the molecule is CCNC1(C#N)CCC(N2CC3CCCCN3CC2C)C1. The molecule has 3 aliphatic rings. The predicted octanol–water partition coefficient (Wildman–Crippen LogP) is 1.97. The summed E-state index contributed by atoms with van der Waals surface area (Å²) in [5, 5.41) is 13.0. The zero-order valence-electron chi connectivity index (χ0n) is 13.6. The second kappa shape index (κ2) is 6.24. The van der Waals surface area contributed by atoms with Crippen LogP contribution in [0.3, 0.4) is 0 Å². The molecule has 21 heavy (non-hydrogen) atoms. The fourth-order valence-electron chi connectivity index (χ4n) is 4.83. The minimum atomic E-state index is -0.261. The number of hydrogen-bond donors (Lipinski definition) is 1. The van der Waals surface area contributed by atoms with Gasteiger partial charge in [-0.15, -0.1) is 0 Å². The van der Waals surface area contributed by atoms with E-state index in [4.69, 9.17) is 0 Å². The highest BCUT2D eigenvalue weighted by atomic mass is 15.3. The summed E-state index contributed by atoms with van der Waals surface area (Å²) in [6.07, 6.45) is 7.34. The molecule has 0 aromatic heterocycles. The summed E-state index contributed by atoms with van der Waals surface area (Å²) in [5.74, 6) is 0. The van der Waals surface area contributed by atoms with E-state index in [9.17, 15) is 5.26 Å². The molecule has 1 aliphatic carbocycles. The van der Waals surface area contributed by atoms with Gasteiger partial charge in [0, 0.05) is 31.2 Å². The van der Waals surface area contributed by atoms with Crippen molar-refractivity contribution < 1.29 is 0 Å². The Balaban J connectivity index is 1.66. The van der Waals surface area contributed by atoms with E-state index in [2.05, 4.69) is 35.0 Å². The summed E-state index contributed by atoms with van der Waals surface area (Å²) in [6.45, 7) is 9.13. The van der Waals surface area contributed by atoms with Crippen LogP contribution in [-0.4, -0.2) is 59.6 Å². The van der Waals surface area contributed by atoms with Crippen LogP contribution in [-0.2, 0) is 0 Å². The number of fused-ring (bicyclic) bond motifs is 1. The summed E-state index contributed by atoms with van der Waals surface area (Å²) >= 11 is 0. The Hall–Kier alpha value is -0.630. The van der Waals surface area contributed by atoms with Gasteiger partial charge in [-0.05, 0) is 52.1 Å². The van der Waals surface area contributed by atoms with Crippen LogP contribution in [0.25, 0.3) is 0 Å². The van der Waals surface area contributed by atoms with E-state index in [-0.39, 0.29) is 5.54 Å². The van der Waals surface area contributed by atoms with Crippen LogP contribution in [0, 0.1) is 11.3 Å². The molecule has 118 valence electrons. The molecule has 4 heteroatoms. The Kier molecular flexibility index (Phi) is 4.54. The minimum absolute atomic E-state index is 0.261. The normalized spacial score (nSPS) is 41.7. The summed E-state index contributed by atoms with van der Waals surface area (Å²) in [6, 6.07) is 4.58. The lowest BCUT2D eigenvalue weighted by molar-refractivity contribution is -0.00735. The second-order valence-electron chi connectivity index (χ2n) is 7.31. The number of nitrogens with one attached hydrogen (secondary N) is 1. The van der Waals surface area contributed by atoms with Crippen molar-refractivity contribution in [2.24, 2.45) is 0 Å². The van der Waals surface area contributed by atoms with Gasteiger partial charge in [-0.25, -0.2) is 0 Å². The van der Waals surface area contributed by atoms with Crippen molar-refractivity contribution in [2.45, 2.75) is 76.0 Å². The average molecular weight is 290 g/mol. The van der Waals surface area contributed by atoms with Crippen molar-refractivity contribution in [3.05, 3.63) is 0 Å². The third-order valence-corrected chi connectivity index (χ3v) is 5.92. The first kappa shape index (κ1) is 15.3. The number of piperidine rings is 1. The van der Waals surface area contributed by atoms with E-state index in [1.807, 2.05) is 0 Å². The van der Waals surface area contributed by atoms with Crippen molar-refractivity contribution in [3.8, 4) is 6.07 Å². The van der Waals surface area contributed by atoms with Gasteiger partial charge in [-0.2, -0.15) is 5.26 Å². The van der Waals surface area contributed by atoms with Gasteiger partial charge in [-0.3, -0.25) is 15.1 Å². The first-order chi connectivity index (χ1) is 10.2. The average Bonchev–Trinajstić information content (AvgIpc) is 2.91. The van der Waals surface area contributed by atoms with Crippen LogP contribution >= 0.6 is 0 Å². The lowest BCUT2D eigenvalue weighted by Gasteiger charge is -2.49. The fourth-order valence-corrected chi connectivity index (χ4v) is 4.83. The van der Waals surface area contributed by atoms with Gasteiger partial charge in [0.2, 0.25) is 0 Å². The number of piperazine rings is 1. The molecule has 2 heterocycles. The zero-order chi connectivity index (χ0) is 14.9. The molecule has 2 saturated heterocycles. The Morgan fingerprint density at radius 1 is 1.24 bits per heavy atom. The molecular formula is C17H30N4. The third kappa shape index (κ3) is 2.97. The summed E-state index contributed by atoms with van der Waals surface area (Å²) in [7, 11) is 0. The van der Waals surface area contributed by atoms with Gasteiger partial charge in [0.15, 0.2) is 0 Å². The summed E-state index contributed by atoms with van der Waals surface area (Å²) in [5.41, 5.74) is -0.261. The molecule has 0 radical (unpaired) electrons. The minimum Gasteiger partial charge on any atom is -0.300 e. The van der Waals surface area contributed by atoms with E-state index < -0.39 is 0 Å². The maximum absolute atomic E-state index is 9.58. The van der Waals surface area contributed by atoms with Crippen molar-refractivity contribution in [2.75, 3.05) is 26.2 Å². The van der Waals surface area contributed by atoms with Gasteiger partial charge in [0.05, 0.1) is 6.07 Å². The number of hydrogen-bond acceptors (Lipinski definition) is 4. The molecule has 0 bridgehead atoms. The molecule has 3 fully saturated rings. The van der Waals surface area contributed by atoms with E-state index in [1.54, 1.807) is 0 Å². The van der Waals surface area contributed by atoms with Crippen LogP contribution in [0.1, 0.15) is 52.4 Å². The molecule has 4 atom stereocenters. The standard InChI is InChI=1S/C17H30N4/c1-3-19-17(13-18)8-7-15(10-17)21-12-16-6-4-5-9-20(16)11-14(21)2/h14-16,19H,3-12H2,1-2H3. The molecule has 0 spiro atoms. The van der Waals surface area contributed by atoms with Crippen molar-refractivity contribution >= 4 is 0 Å². The van der Waals surface area contributed by atoms with Crippen LogP contribution in [0.4, 0.5) is 0 Å². The molecule has 0 aromatic rings. The Morgan fingerprint density at radius 3 is 2.86 bits per heavy atom. The van der Waals surface area contributed by atoms with E-state index in [0.29, 0.717) is 12.1 Å². The predicted molar refractivity (Wildman–Crippen MR) is 85.0 cm³/mol. The third-order valence-electron chi connectivity index (χ3n) is 5.92. The van der Waals surface area contributed by atoms with Crippen LogP contribution < -0.4 is 5.32 Å². The topological polar surface area (TPSA) is 42.3 Å². The van der Waals surface area contributed by atoms with Crippen LogP contribution in [0.2, 0.25) is 0 Å². The maximum atomic E-state index is 9.58. The van der Waals surface area contributed by atoms with Crippen LogP contribution in [0.15, 0.2) is 0 Å². The lowest BCUT2D eigenvalue weighted by Crippen LogP contribution is -2.61. The van der Waals surface area contributed by atoms with Crippen LogP contribution in [0.5, 0.6) is 0 Å². The Morgan fingerprint density at radius 2 is 2.10 bits per heavy atom. The van der Waals surface area contributed by atoms with Gasteiger partial charge in [0.25, 0.3) is 0 Å². The van der Waals surface area contributed by atoms with Gasteiger partial charge in [-0.1, -0.05) is 13.3 Å². The number of nitriles is 1. The number of nitrogens with zero attached hydrogens (tertiary/aromatic N) is 3. The lowest BCUT2D eigenvalue weighted by atomic mass is 9.94. The van der Waals surface area contributed by atoms with E-state index in [1.165, 1.54) is 45.3 Å². The second-order valence-corrected chi connectivity index (χ2v) is 7.31. The highest BCUT2D eigenvalue weighted by Gasteiger charge is 2.44.